The van der Waals surface area contributed by atoms with E-state index in [2.05, 4.69) is 5.32 Å². The number of benzene rings is 3. The third-order valence-electron chi connectivity index (χ3n) is 6.46. The minimum atomic E-state index is -0.795. The number of fused-ring (bicyclic) bond motifs is 1. The molecule has 1 N–H and O–H groups in total. The van der Waals surface area contributed by atoms with Crippen LogP contribution in [0.2, 0.25) is 0 Å². The molecule has 1 heterocycles. The minimum Gasteiger partial charge on any atom is -0.496 e. The van der Waals surface area contributed by atoms with Crippen LogP contribution in [0.5, 0.6) is 17.2 Å². The molecule has 8 nitrogen and oxygen atoms in total. The Morgan fingerprint density at radius 1 is 1.08 bits per heavy atom. The Hall–Kier alpha value is -4.27. The van der Waals surface area contributed by atoms with Crippen molar-refractivity contribution in [3.63, 3.8) is 0 Å². The smallest absolute Gasteiger partial charge is 0.414 e. The summed E-state index contributed by atoms with van der Waals surface area (Å²) in [5.41, 5.74) is 3.59. The molecule has 0 aliphatic carbocycles. The van der Waals surface area contributed by atoms with Gasteiger partial charge in [-0.05, 0) is 56.2 Å². The topological polar surface area (TPSA) is 80.3 Å². The number of hydrogen-bond donors (Lipinski definition) is 1. The van der Waals surface area contributed by atoms with Gasteiger partial charge >= 0.3 is 6.09 Å². The van der Waals surface area contributed by atoms with E-state index in [1.165, 1.54) is 24.1 Å². The summed E-state index contributed by atoms with van der Waals surface area (Å²) in [5, 5.41) is 3.32. The van der Waals surface area contributed by atoms with E-state index in [0.29, 0.717) is 34.1 Å². The number of aryl methyl sites for hydroxylation is 1. The highest BCUT2D eigenvalue weighted by Crippen LogP contribution is 2.45. The second-order valence-electron chi connectivity index (χ2n) is 9.92. The Morgan fingerprint density at radius 2 is 1.79 bits per heavy atom. The highest BCUT2D eigenvalue weighted by atomic mass is 19.1. The van der Waals surface area contributed by atoms with Gasteiger partial charge in [-0.1, -0.05) is 12.1 Å². The van der Waals surface area contributed by atoms with Gasteiger partial charge in [0.1, 0.15) is 35.2 Å². The van der Waals surface area contributed by atoms with E-state index in [1.807, 2.05) is 32.9 Å². The summed E-state index contributed by atoms with van der Waals surface area (Å²) in [6, 6.07) is 13.3. The lowest BCUT2D eigenvalue weighted by Gasteiger charge is -2.39. The second-order valence-corrected chi connectivity index (χ2v) is 9.92. The summed E-state index contributed by atoms with van der Waals surface area (Å²) in [5.74, 6) is 0.690. The zero-order valence-corrected chi connectivity index (χ0v) is 22.6. The first kappa shape index (κ1) is 26.8. The van der Waals surface area contributed by atoms with Crippen molar-refractivity contribution in [3.8, 4) is 28.4 Å². The average Bonchev–Trinajstić information content (AvgIpc) is 2.87. The van der Waals surface area contributed by atoms with Crippen molar-refractivity contribution in [2.75, 3.05) is 38.5 Å². The van der Waals surface area contributed by atoms with Crippen LogP contribution in [0.3, 0.4) is 0 Å². The number of carbonyl (C=O) groups excluding carboxylic acids is 2. The number of ether oxygens (including phenoxy) is 3. The van der Waals surface area contributed by atoms with Crippen LogP contribution in [-0.4, -0.2) is 50.7 Å². The molecule has 0 aromatic heterocycles. The highest BCUT2D eigenvalue weighted by Gasteiger charge is 2.38. The summed E-state index contributed by atoms with van der Waals surface area (Å²) >= 11 is 0. The van der Waals surface area contributed by atoms with E-state index in [4.69, 9.17) is 14.2 Å². The maximum atomic E-state index is 14.0. The van der Waals surface area contributed by atoms with Crippen molar-refractivity contribution in [2.45, 2.75) is 32.9 Å². The van der Waals surface area contributed by atoms with E-state index in [0.717, 1.165) is 16.8 Å². The molecule has 0 saturated carbocycles. The maximum Gasteiger partial charge on any atom is 0.414 e. The van der Waals surface area contributed by atoms with Crippen molar-refractivity contribution in [2.24, 2.45) is 0 Å². The molecule has 1 aliphatic rings. The summed E-state index contributed by atoms with van der Waals surface area (Å²) in [7, 11) is 6.45. The summed E-state index contributed by atoms with van der Waals surface area (Å²) < 4.78 is 31.2. The van der Waals surface area contributed by atoms with Gasteiger partial charge in [0.15, 0.2) is 0 Å². The van der Waals surface area contributed by atoms with Crippen LogP contribution >= 0.6 is 0 Å². The van der Waals surface area contributed by atoms with Crippen molar-refractivity contribution >= 4 is 23.4 Å². The van der Waals surface area contributed by atoms with Crippen molar-refractivity contribution in [3.05, 3.63) is 65.5 Å². The molecule has 0 unspecified atom stereocenters. The molecule has 3 aromatic carbocycles. The van der Waals surface area contributed by atoms with Crippen molar-refractivity contribution < 1.29 is 29.6 Å². The van der Waals surface area contributed by atoms with Gasteiger partial charge in [-0.25, -0.2) is 9.18 Å². The third-order valence-corrected chi connectivity index (χ3v) is 6.46. The number of rotatable bonds is 6. The highest BCUT2D eigenvalue weighted by molar-refractivity contribution is 6.08. The Labute approximate surface area is 223 Å². The predicted octanol–water partition coefficient (Wildman–Crippen LogP) is 5.86. The molecule has 1 aliphatic heterocycles. The lowest BCUT2D eigenvalue weighted by atomic mass is 9.91. The first-order chi connectivity index (χ1) is 17.9. The number of carbonyl (C=O) groups is 2. The largest absolute Gasteiger partial charge is 0.496 e. The number of nitrogens with zero attached hydrogens (tertiary/aromatic N) is 2. The van der Waals surface area contributed by atoms with Crippen molar-refractivity contribution in [1.82, 2.24) is 4.90 Å². The number of halogens is 1. The van der Waals surface area contributed by atoms with Gasteiger partial charge in [-0.3, -0.25) is 4.79 Å². The van der Waals surface area contributed by atoms with Gasteiger partial charge in [0, 0.05) is 45.8 Å². The minimum absolute atomic E-state index is 0. The average molecular weight is 524 g/mol. The fourth-order valence-corrected chi connectivity index (χ4v) is 4.46. The number of likely N-dealkylation sites (N-methyl/N-ethyl adjacent to an activating group) is 1. The van der Waals surface area contributed by atoms with Gasteiger partial charge in [0.25, 0.3) is 5.91 Å². The van der Waals surface area contributed by atoms with Gasteiger partial charge in [0.05, 0.1) is 18.5 Å². The Morgan fingerprint density at radius 3 is 2.47 bits per heavy atom. The van der Waals surface area contributed by atoms with E-state index in [9.17, 15) is 14.0 Å². The normalized spacial score (nSPS) is 13.9. The van der Waals surface area contributed by atoms with Crippen LogP contribution in [0.1, 0.15) is 26.4 Å². The molecule has 2 amide bonds. The van der Waals surface area contributed by atoms with E-state index in [-0.39, 0.29) is 13.9 Å². The van der Waals surface area contributed by atoms with Crippen LogP contribution in [0, 0.1) is 12.7 Å². The van der Waals surface area contributed by atoms with Crippen molar-refractivity contribution in [1.29, 1.82) is 0 Å². The lowest BCUT2D eigenvalue weighted by Crippen LogP contribution is -2.52. The predicted molar refractivity (Wildman–Crippen MR) is 147 cm³/mol. The Bertz CT molecular complexity index is 1410. The Kier molecular flexibility index (Phi) is 7.22. The lowest BCUT2D eigenvalue weighted by molar-refractivity contribution is -0.121. The molecule has 0 radical (unpaired) electrons. The first-order valence-electron chi connectivity index (χ1n) is 12.1. The van der Waals surface area contributed by atoms with Crippen LogP contribution in [-0.2, 0) is 11.4 Å². The SMILES string of the molecule is COc1cc(OC(=O)N(C)C)ccc1-c1ccc2c(c1COc1cc(F)ccc1C)N(C)C(=O)C(C)(C)N2.[HH]. The van der Waals surface area contributed by atoms with Crippen LogP contribution < -0.4 is 24.4 Å². The second kappa shape index (κ2) is 10.2. The van der Waals surface area contributed by atoms with E-state index >= 15 is 0 Å². The molecule has 3 aromatic rings. The molecule has 0 spiro atoms. The monoisotopic (exact) mass is 523 g/mol. The van der Waals surface area contributed by atoms with E-state index in [1.54, 1.807) is 50.3 Å². The van der Waals surface area contributed by atoms with Crippen LogP contribution in [0.4, 0.5) is 20.6 Å². The molecule has 0 saturated heterocycles. The fraction of sp³-hybridized carbons (Fsp3) is 0.310. The molecule has 0 atom stereocenters. The summed E-state index contributed by atoms with van der Waals surface area (Å²) in [4.78, 5) is 28.2. The van der Waals surface area contributed by atoms with Gasteiger partial charge in [-0.2, -0.15) is 0 Å². The number of nitrogens with one attached hydrogen (secondary N) is 1. The standard InChI is InChI=1S/C29H32FN3O5.H2/c1-17-8-9-18(30)14-24(17)37-16-22-20(12-13-23-26(22)33(6)27(34)29(2,3)31-23)21-11-10-19(15-25(21)36-7)38-28(35)32(4)5;/h8-15,31H,16H2,1-7H3;1H. The van der Waals surface area contributed by atoms with Crippen LogP contribution in [0.15, 0.2) is 48.5 Å². The summed E-state index contributed by atoms with van der Waals surface area (Å²) in [6.45, 7) is 5.55. The maximum absolute atomic E-state index is 14.0. The first-order valence-corrected chi connectivity index (χ1v) is 12.1. The number of methoxy groups -OCH3 is 1. The molecule has 0 fully saturated rings. The van der Waals surface area contributed by atoms with Gasteiger partial charge < -0.3 is 29.3 Å². The molecule has 0 bridgehead atoms. The molecule has 38 heavy (non-hydrogen) atoms. The zero-order chi connectivity index (χ0) is 27.8. The van der Waals surface area contributed by atoms with Gasteiger partial charge in [-0.15, -0.1) is 0 Å². The van der Waals surface area contributed by atoms with Crippen LogP contribution in [0.25, 0.3) is 11.1 Å². The molecular weight excluding hydrogens is 489 g/mol. The number of anilines is 2. The number of amides is 2. The Balaban J connectivity index is 0.00000420. The van der Waals surface area contributed by atoms with E-state index < -0.39 is 17.4 Å². The van der Waals surface area contributed by atoms with Gasteiger partial charge in [0.2, 0.25) is 0 Å². The molecule has 9 heteroatoms. The quantitative estimate of drug-likeness (QED) is 0.436. The molecular formula is C29H34FN3O5. The molecule has 202 valence electrons. The number of hydrogen-bond acceptors (Lipinski definition) is 6. The molecule has 4 rings (SSSR count). The third kappa shape index (κ3) is 5.09. The zero-order valence-electron chi connectivity index (χ0n) is 22.6. The fourth-order valence-electron chi connectivity index (χ4n) is 4.46. The summed E-state index contributed by atoms with van der Waals surface area (Å²) in [6.07, 6.45) is -0.512.